The molecule has 1 aromatic carbocycles. The van der Waals surface area contributed by atoms with E-state index in [0.717, 1.165) is 24.0 Å². The van der Waals surface area contributed by atoms with Crippen molar-refractivity contribution >= 4 is 16.9 Å². The van der Waals surface area contributed by atoms with Gasteiger partial charge in [0.2, 0.25) is 0 Å². The lowest BCUT2D eigenvalue weighted by molar-refractivity contribution is -0.917. The van der Waals surface area contributed by atoms with Crippen LogP contribution in [0.2, 0.25) is 0 Å². The second-order valence-electron chi connectivity index (χ2n) is 6.35. The third-order valence-electron chi connectivity index (χ3n) is 4.41. The Balaban J connectivity index is 1.92. The zero-order valence-electron chi connectivity index (χ0n) is 13.0. The number of aryl methyl sites for hydroxylation is 1. The van der Waals surface area contributed by atoms with E-state index in [0.29, 0.717) is 13.2 Å². The minimum atomic E-state index is -0.0977. The van der Waals surface area contributed by atoms with Gasteiger partial charge < -0.3 is 14.2 Å². The van der Waals surface area contributed by atoms with Crippen LogP contribution >= 0.6 is 0 Å². The molecule has 0 saturated carbocycles. The van der Waals surface area contributed by atoms with Crippen LogP contribution in [0.25, 0.3) is 10.9 Å². The predicted molar refractivity (Wildman–Crippen MR) is 83.0 cm³/mol. The molecule has 0 saturated heterocycles. The molecule has 0 bridgehead atoms. The molecule has 0 amide bonds. The van der Waals surface area contributed by atoms with Crippen molar-refractivity contribution in [3.8, 4) is 0 Å². The van der Waals surface area contributed by atoms with Crippen molar-refractivity contribution in [1.29, 1.82) is 0 Å². The number of carbonyl (C=O) groups excluding carboxylic acids is 1. The summed E-state index contributed by atoms with van der Waals surface area (Å²) in [7, 11) is 2.15. The minimum absolute atomic E-state index is 0.0977. The van der Waals surface area contributed by atoms with Gasteiger partial charge in [-0.15, -0.1) is 0 Å². The van der Waals surface area contributed by atoms with Crippen LogP contribution < -0.4 is 0 Å². The second kappa shape index (κ2) is 5.19. The largest absolute Gasteiger partial charge is 0.462 e. The van der Waals surface area contributed by atoms with Gasteiger partial charge in [0.1, 0.15) is 6.54 Å². The molecular weight excluding hydrogens is 264 g/mol. The molecule has 1 N–H and O–H groups in total. The maximum atomic E-state index is 11.8. The van der Waals surface area contributed by atoms with Crippen LogP contribution in [-0.4, -0.2) is 42.2 Å². The Bertz CT molecular complexity index is 689. The summed E-state index contributed by atoms with van der Waals surface area (Å²) in [6.07, 6.45) is 0.985. The van der Waals surface area contributed by atoms with Crippen molar-refractivity contribution in [2.75, 3.05) is 26.7 Å². The number of aromatic amines is 1. The summed E-state index contributed by atoms with van der Waals surface area (Å²) in [5.74, 6) is -0.0977. The highest BCUT2D eigenvalue weighted by Crippen LogP contribution is 2.31. The van der Waals surface area contributed by atoms with Crippen molar-refractivity contribution in [3.63, 3.8) is 0 Å². The number of H-pyrrole nitrogens is 1. The maximum Gasteiger partial charge on any atom is 0.361 e. The minimum Gasteiger partial charge on any atom is -0.462 e. The first kappa shape index (κ1) is 14.1. The molecule has 3 rings (SSSR count). The van der Waals surface area contributed by atoms with E-state index in [9.17, 15) is 4.79 Å². The number of rotatable bonds is 3. The Hall–Kier alpha value is -1.81. The molecule has 0 aliphatic carbocycles. The van der Waals surface area contributed by atoms with Gasteiger partial charge in [-0.25, -0.2) is 4.79 Å². The van der Waals surface area contributed by atoms with Crippen LogP contribution in [-0.2, 0) is 22.5 Å². The molecule has 0 fully saturated rings. The Morgan fingerprint density at radius 1 is 1.43 bits per heavy atom. The third-order valence-corrected chi connectivity index (χ3v) is 4.41. The first-order valence-electron chi connectivity index (χ1n) is 7.60. The number of fused-ring (bicyclic) bond motifs is 3. The molecule has 0 radical (unpaired) electrons. The number of benzene rings is 1. The van der Waals surface area contributed by atoms with Crippen molar-refractivity contribution in [2.45, 2.75) is 26.8 Å². The number of hydrogen-bond donors (Lipinski definition) is 1. The average molecular weight is 287 g/mol. The fraction of sp³-hybridized carbons (Fsp3) is 0.471. The quantitative estimate of drug-likeness (QED) is 0.696. The van der Waals surface area contributed by atoms with Gasteiger partial charge in [0, 0.05) is 28.6 Å². The highest BCUT2D eigenvalue weighted by molar-refractivity contribution is 5.85. The first-order chi connectivity index (χ1) is 10.0. The number of esters is 1. The molecule has 112 valence electrons. The van der Waals surface area contributed by atoms with Gasteiger partial charge in [-0.1, -0.05) is 11.6 Å². The highest BCUT2D eigenvalue weighted by atomic mass is 16.5. The number of nitrogens with one attached hydrogen (secondary N) is 1. The number of likely N-dealkylation sites (N-methyl/N-ethyl adjacent to an activating group) is 1. The number of ether oxygens (including phenoxy) is 1. The van der Waals surface area contributed by atoms with Crippen molar-refractivity contribution < 1.29 is 14.0 Å². The average Bonchev–Trinajstić information content (AvgIpc) is 2.76. The van der Waals surface area contributed by atoms with Gasteiger partial charge in [0.15, 0.2) is 6.54 Å². The van der Waals surface area contributed by atoms with E-state index in [4.69, 9.17) is 4.74 Å². The molecule has 1 aliphatic heterocycles. The summed E-state index contributed by atoms with van der Waals surface area (Å²) in [5.41, 5.74) is 5.17. The fourth-order valence-electron chi connectivity index (χ4n) is 3.31. The van der Waals surface area contributed by atoms with Crippen LogP contribution in [0, 0.1) is 6.92 Å². The SMILES string of the molecule is CCOC(=O)C[N@+]1(C)CCc2[nH]c3ccc(C)cc3c2C1. The van der Waals surface area contributed by atoms with Gasteiger partial charge in [-0.3, -0.25) is 0 Å². The van der Waals surface area contributed by atoms with E-state index in [1.165, 1.54) is 27.7 Å². The lowest BCUT2D eigenvalue weighted by Gasteiger charge is -2.36. The molecule has 2 aromatic rings. The number of aromatic nitrogens is 1. The van der Waals surface area contributed by atoms with E-state index in [2.05, 4.69) is 37.2 Å². The van der Waals surface area contributed by atoms with E-state index < -0.39 is 0 Å². The molecule has 1 atom stereocenters. The van der Waals surface area contributed by atoms with Gasteiger partial charge in [0.25, 0.3) is 0 Å². The molecule has 0 unspecified atom stereocenters. The topological polar surface area (TPSA) is 42.1 Å². The molecule has 1 aromatic heterocycles. The smallest absolute Gasteiger partial charge is 0.361 e. The predicted octanol–water partition coefficient (Wildman–Crippen LogP) is 2.54. The Morgan fingerprint density at radius 3 is 3.00 bits per heavy atom. The summed E-state index contributed by atoms with van der Waals surface area (Å²) in [5, 5.41) is 1.30. The summed E-state index contributed by atoms with van der Waals surface area (Å²) < 4.78 is 5.85. The summed E-state index contributed by atoms with van der Waals surface area (Å²) in [6.45, 7) is 6.74. The van der Waals surface area contributed by atoms with Gasteiger partial charge in [0.05, 0.1) is 20.2 Å². The number of hydrogen-bond acceptors (Lipinski definition) is 2. The monoisotopic (exact) mass is 287 g/mol. The summed E-state index contributed by atoms with van der Waals surface area (Å²) >= 11 is 0. The van der Waals surface area contributed by atoms with Crippen LogP contribution in [0.1, 0.15) is 23.7 Å². The summed E-state index contributed by atoms with van der Waals surface area (Å²) in [6, 6.07) is 6.53. The molecule has 2 heterocycles. The Labute approximate surface area is 125 Å². The van der Waals surface area contributed by atoms with E-state index in [-0.39, 0.29) is 5.97 Å². The van der Waals surface area contributed by atoms with E-state index >= 15 is 0 Å². The molecule has 21 heavy (non-hydrogen) atoms. The van der Waals surface area contributed by atoms with Gasteiger partial charge in [-0.2, -0.15) is 0 Å². The maximum absolute atomic E-state index is 11.8. The Kier molecular flexibility index (Phi) is 3.49. The molecule has 1 aliphatic rings. The normalized spacial score (nSPS) is 21.3. The standard InChI is InChI=1S/C17H23N2O2/c1-4-21-17(20)11-19(3)8-7-16-14(10-19)13-9-12(2)5-6-15(13)18-16/h5-6,9,18H,4,7-8,10-11H2,1-3H3/q+1/t19-/m1/s1. The Morgan fingerprint density at radius 2 is 2.24 bits per heavy atom. The molecule has 4 nitrogen and oxygen atoms in total. The lowest BCUT2D eigenvalue weighted by atomic mass is 10.0. The van der Waals surface area contributed by atoms with Crippen LogP contribution in [0.15, 0.2) is 18.2 Å². The first-order valence-corrected chi connectivity index (χ1v) is 7.60. The van der Waals surface area contributed by atoms with Crippen LogP contribution in [0.4, 0.5) is 0 Å². The number of carbonyl (C=O) groups is 1. The van der Waals surface area contributed by atoms with E-state index in [1.807, 2.05) is 6.92 Å². The lowest BCUT2D eigenvalue weighted by Crippen LogP contribution is -2.50. The van der Waals surface area contributed by atoms with Crippen molar-refractivity contribution in [3.05, 3.63) is 35.0 Å². The van der Waals surface area contributed by atoms with Crippen molar-refractivity contribution in [2.24, 2.45) is 0 Å². The zero-order valence-corrected chi connectivity index (χ0v) is 13.0. The molecular formula is C17H23N2O2+. The highest BCUT2D eigenvalue weighted by Gasteiger charge is 2.33. The number of nitrogens with zero attached hydrogens (tertiary/aromatic N) is 1. The molecule has 0 spiro atoms. The number of quaternary nitrogens is 1. The van der Waals surface area contributed by atoms with Crippen molar-refractivity contribution in [1.82, 2.24) is 4.98 Å². The fourth-order valence-corrected chi connectivity index (χ4v) is 3.31. The van der Waals surface area contributed by atoms with Crippen LogP contribution in [0.5, 0.6) is 0 Å². The molecule has 4 heteroatoms. The van der Waals surface area contributed by atoms with Gasteiger partial charge >= 0.3 is 5.97 Å². The van der Waals surface area contributed by atoms with Crippen LogP contribution in [0.3, 0.4) is 0 Å². The third kappa shape index (κ3) is 2.68. The second-order valence-corrected chi connectivity index (χ2v) is 6.35. The van der Waals surface area contributed by atoms with E-state index in [1.54, 1.807) is 0 Å². The summed E-state index contributed by atoms with van der Waals surface area (Å²) in [4.78, 5) is 15.4. The van der Waals surface area contributed by atoms with Gasteiger partial charge in [-0.05, 0) is 26.0 Å². The zero-order chi connectivity index (χ0) is 15.0.